The van der Waals surface area contributed by atoms with Crippen LogP contribution in [0.25, 0.3) is 0 Å². The van der Waals surface area contributed by atoms with E-state index in [1.165, 1.54) is 26.2 Å². The summed E-state index contributed by atoms with van der Waals surface area (Å²) in [7, 11) is -2.27. The highest BCUT2D eigenvalue weighted by atomic mass is 79.9. The number of hydrogen-bond acceptors (Lipinski definition) is 4. The van der Waals surface area contributed by atoms with Gasteiger partial charge in [-0.2, -0.15) is 0 Å². The largest absolute Gasteiger partial charge is 0.495 e. The molecule has 0 radical (unpaired) electrons. The van der Waals surface area contributed by atoms with Crippen LogP contribution in [0.15, 0.2) is 46.9 Å². The van der Waals surface area contributed by atoms with Crippen LogP contribution < -0.4 is 14.4 Å². The van der Waals surface area contributed by atoms with Gasteiger partial charge in [-0.05, 0) is 49.4 Å². The van der Waals surface area contributed by atoms with E-state index in [4.69, 9.17) is 16.3 Å². The molecule has 0 heterocycles. The Morgan fingerprint density at radius 2 is 1.85 bits per heavy atom. The SMILES string of the molecule is COc1ccc(N([C@H](C)C(=O)Nc2ccc(Br)cc2)S(C)(=O)=O)cc1Cl. The van der Waals surface area contributed by atoms with E-state index in [2.05, 4.69) is 21.2 Å². The second-order valence-electron chi connectivity index (χ2n) is 5.55. The third-order valence-electron chi connectivity index (χ3n) is 3.59. The van der Waals surface area contributed by atoms with Crippen LogP contribution in [0.2, 0.25) is 5.02 Å². The lowest BCUT2D eigenvalue weighted by molar-refractivity contribution is -0.116. The lowest BCUT2D eigenvalue weighted by atomic mass is 10.2. The zero-order chi connectivity index (χ0) is 19.5. The lowest BCUT2D eigenvalue weighted by Gasteiger charge is -2.28. The van der Waals surface area contributed by atoms with Gasteiger partial charge < -0.3 is 10.1 Å². The van der Waals surface area contributed by atoms with Crippen LogP contribution in [-0.2, 0) is 14.8 Å². The molecule has 0 aliphatic heterocycles. The van der Waals surface area contributed by atoms with Gasteiger partial charge >= 0.3 is 0 Å². The van der Waals surface area contributed by atoms with Crippen LogP contribution in [0, 0.1) is 0 Å². The van der Waals surface area contributed by atoms with Crippen molar-refractivity contribution >= 4 is 54.8 Å². The van der Waals surface area contributed by atoms with Crippen LogP contribution >= 0.6 is 27.5 Å². The second-order valence-corrected chi connectivity index (χ2v) is 8.73. The van der Waals surface area contributed by atoms with Crippen LogP contribution in [-0.4, -0.2) is 33.7 Å². The molecule has 0 spiro atoms. The number of ether oxygens (including phenoxy) is 1. The first-order valence-electron chi connectivity index (χ1n) is 7.53. The summed E-state index contributed by atoms with van der Waals surface area (Å²) in [4.78, 5) is 12.6. The third-order valence-corrected chi connectivity index (χ3v) is 5.66. The highest BCUT2D eigenvalue weighted by Crippen LogP contribution is 2.31. The van der Waals surface area contributed by atoms with E-state index < -0.39 is 22.0 Å². The molecule has 0 fully saturated rings. The van der Waals surface area contributed by atoms with Crippen molar-refractivity contribution in [3.05, 3.63) is 52.0 Å². The summed E-state index contributed by atoms with van der Waals surface area (Å²) in [6.45, 7) is 1.51. The van der Waals surface area contributed by atoms with E-state index >= 15 is 0 Å². The number of methoxy groups -OCH3 is 1. The number of carbonyl (C=O) groups is 1. The van der Waals surface area contributed by atoms with E-state index in [0.717, 1.165) is 15.0 Å². The van der Waals surface area contributed by atoms with Crippen molar-refractivity contribution in [3.63, 3.8) is 0 Å². The summed E-state index contributed by atoms with van der Waals surface area (Å²) in [6, 6.07) is 10.5. The average Bonchev–Trinajstić information content (AvgIpc) is 2.56. The van der Waals surface area contributed by atoms with Gasteiger partial charge in [-0.3, -0.25) is 9.10 Å². The minimum atomic E-state index is -3.73. The zero-order valence-electron chi connectivity index (χ0n) is 14.4. The number of nitrogens with zero attached hydrogens (tertiary/aromatic N) is 1. The monoisotopic (exact) mass is 460 g/mol. The summed E-state index contributed by atoms with van der Waals surface area (Å²) in [6.07, 6.45) is 1.04. The van der Waals surface area contributed by atoms with Gasteiger partial charge in [0.1, 0.15) is 11.8 Å². The molecule has 9 heteroatoms. The molecule has 0 aliphatic rings. The van der Waals surface area contributed by atoms with Gasteiger partial charge in [0.05, 0.1) is 24.1 Å². The van der Waals surface area contributed by atoms with Crippen LogP contribution in [0.3, 0.4) is 0 Å². The van der Waals surface area contributed by atoms with E-state index in [9.17, 15) is 13.2 Å². The summed E-state index contributed by atoms with van der Waals surface area (Å²) >= 11 is 9.42. The van der Waals surface area contributed by atoms with Crippen molar-refractivity contribution in [3.8, 4) is 5.75 Å². The Bertz CT molecular complexity index is 903. The number of rotatable bonds is 6. The summed E-state index contributed by atoms with van der Waals surface area (Å²) in [5.41, 5.74) is 0.836. The summed E-state index contributed by atoms with van der Waals surface area (Å²) in [5.74, 6) is -0.0551. The predicted octanol–water partition coefficient (Wildman–Crippen LogP) is 3.90. The maximum Gasteiger partial charge on any atom is 0.247 e. The Kier molecular flexibility index (Phi) is 6.54. The maximum absolute atomic E-state index is 12.6. The van der Waals surface area contributed by atoms with Gasteiger partial charge in [-0.25, -0.2) is 8.42 Å². The predicted molar refractivity (Wildman–Crippen MR) is 108 cm³/mol. The summed E-state index contributed by atoms with van der Waals surface area (Å²) < 4.78 is 31.6. The van der Waals surface area contributed by atoms with Crippen LogP contribution in [0.1, 0.15) is 6.92 Å². The van der Waals surface area contributed by atoms with E-state index in [-0.39, 0.29) is 10.7 Å². The van der Waals surface area contributed by atoms with Gasteiger partial charge in [0.15, 0.2) is 0 Å². The van der Waals surface area contributed by atoms with Crippen molar-refractivity contribution in [2.24, 2.45) is 0 Å². The number of carbonyl (C=O) groups excluding carboxylic acids is 1. The molecule has 26 heavy (non-hydrogen) atoms. The molecule has 6 nitrogen and oxygen atoms in total. The van der Waals surface area contributed by atoms with Gasteiger partial charge in [0.25, 0.3) is 0 Å². The van der Waals surface area contributed by atoms with Crippen molar-refractivity contribution in [2.45, 2.75) is 13.0 Å². The molecule has 0 bridgehead atoms. The number of sulfonamides is 1. The normalized spacial score (nSPS) is 12.3. The Labute approximate surface area is 166 Å². The Balaban J connectivity index is 2.32. The molecular weight excluding hydrogens is 444 g/mol. The number of amides is 1. The molecule has 1 amide bonds. The molecule has 0 aromatic heterocycles. The van der Waals surface area contributed by atoms with E-state index in [1.807, 2.05) is 0 Å². The fourth-order valence-corrected chi connectivity index (χ4v) is 4.06. The quantitative estimate of drug-likeness (QED) is 0.708. The molecule has 0 saturated heterocycles. The fraction of sp³-hybridized carbons (Fsp3) is 0.235. The fourth-order valence-electron chi connectivity index (χ4n) is 2.38. The van der Waals surface area contributed by atoms with Gasteiger partial charge in [-0.15, -0.1) is 0 Å². The average molecular weight is 462 g/mol. The first-order valence-corrected chi connectivity index (χ1v) is 10.5. The number of benzene rings is 2. The molecule has 1 N–H and O–H groups in total. The van der Waals surface area contributed by atoms with E-state index in [0.29, 0.717) is 11.4 Å². The Morgan fingerprint density at radius 3 is 2.35 bits per heavy atom. The van der Waals surface area contributed by atoms with Crippen LogP contribution in [0.5, 0.6) is 5.75 Å². The smallest absolute Gasteiger partial charge is 0.247 e. The molecule has 2 rings (SSSR count). The number of hydrogen-bond donors (Lipinski definition) is 1. The molecule has 2 aromatic carbocycles. The number of nitrogens with one attached hydrogen (secondary N) is 1. The van der Waals surface area contributed by atoms with Crippen molar-refractivity contribution in [1.82, 2.24) is 0 Å². The van der Waals surface area contributed by atoms with Crippen molar-refractivity contribution < 1.29 is 17.9 Å². The highest BCUT2D eigenvalue weighted by molar-refractivity contribution is 9.10. The third kappa shape index (κ3) is 4.90. The molecule has 0 saturated carbocycles. The topological polar surface area (TPSA) is 75.7 Å². The molecular formula is C17H18BrClN2O4S. The molecule has 0 unspecified atom stereocenters. The minimum absolute atomic E-state index is 0.249. The first-order chi connectivity index (χ1) is 12.1. The zero-order valence-corrected chi connectivity index (χ0v) is 17.5. The number of anilines is 2. The van der Waals surface area contributed by atoms with Crippen molar-refractivity contribution in [2.75, 3.05) is 23.0 Å². The second kappa shape index (κ2) is 8.28. The van der Waals surface area contributed by atoms with Crippen molar-refractivity contribution in [1.29, 1.82) is 0 Å². The first kappa shape index (κ1) is 20.5. The standard InChI is InChI=1S/C17H18BrClN2O4S/c1-11(17(22)20-13-6-4-12(18)5-7-13)21(26(3,23)24)14-8-9-16(25-2)15(19)10-14/h4-11H,1-3H3,(H,20,22)/t11-/m1/s1. The molecule has 0 aliphatic carbocycles. The molecule has 140 valence electrons. The highest BCUT2D eigenvalue weighted by Gasteiger charge is 2.29. The number of halogens is 2. The van der Waals surface area contributed by atoms with Crippen LogP contribution in [0.4, 0.5) is 11.4 Å². The Hall–Kier alpha value is -1.77. The molecule has 2 aromatic rings. The lowest BCUT2D eigenvalue weighted by Crippen LogP contribution is -2.45. The molecule has 1 atom stereocenters. The van der Waals surface area contributed by atoms with Gasteiger partial charge in [0.2, 0.25) is 15.9 Å². The summed E-state index contributed by atoms with van der Waals surface area (Å²) in [5, 5.41) is 2.95. The van der Waals surface area contributed by atoms with Gasteiger partial charge in [-0.1, -0.05) is 27.5 Å². The Morgan fingerprint density at radius 1 is 1.23 bits per heavy atom. The van der Waals surface area contributed by atoms with Gasteiger partial charge in [0, 0.05) is 10.2 Å². The van der Waals surface area contributed by atoms with E-state index in [1.54, 1.807) is 30.3 Å². The minimum Gasteiger partial charge on any atom is -0.495 e. The maximum atomic E-state index is 12.6.